The van der Waals surface area contributed by atoms with E-state index < -0.39 is 128 Å². The van der Waals surface area contributed by atoms with Crippen LogP contribution < -0.4 is 50.4 Å². The zero-order valence-electron chi connectivity index (χ0n) is 75.3. The van der Waals surface area contributed by atoms with Crippen molar-refractivity contribution >= 4 is 100 Å². The summed E-state index contributed by atoms with van der Waals surface area (Å²) >= 11 is 0. The van der Waals surface area contributed by atoms with Crippen LogP contribution in [-0.4, -0.2) is 263 Å². The van der Waals surface area contributed by atoms with Gasteiger partial charge in [-0.15, -0.1) is 0 Å². The molecular weight excluding hydrogens is 1720 g/mol. The van der Waals surface area contributed by atoms with Gasteiger partial charge in [0.25, 0.3) is 11.8 Å². The molecule has 0 aromatic heterocycles. The number of hydrogen-bond acceptors (Lipinski definition) is 29. The van der Waals surface area contributed by atoms with Crippen LogP contribution in [0.25, 0.3) is 11.1 Å². The summed E-state index contributed by atoms with van der Waals surface area (Å²) in [6.07, 6.45) is -4.17. The Bertz CT molecular complexity index is 5190. The van der Waals surface area contributed by atoms with Gasteiger partial charge in [-0.05, 0) is 114 Å². The number of aliphatic imine (C=N–C) groups is 1. The maximum absolute atomic E-state index is 15.2. The van der Waals surface area contributed by atoms with Gasteiger partial charge < -0.3 is 112 Å². The number of carbonyl (C=O) groups excluding carboxylic acids is 12. The van der Waals surface area contributed by atoms with E-state index in [0.29, 0.717) is 74.6 Å². The summed E-state index contributed by atoms with van der Waals surface area (Å²) in [5, 5.41) is 13.5. The van der Waals surface area contributed by atoms with E-state index in [2.05, 4.69) is 56.9 Å². The molecule has 2 saturated heterocycles. The van der Waals surface area contributed by atoms with E-state index in [1.54, 1.807) is 43.0 Å². The van der Waals surface area contributed by atoms with E-state index in [9.17, 15) is 52.7 Å². The molecule has 132 heavy (non-hydrogen) atoms. The van der Waals surface area contributed by atoms with Crippen molar-refractivity contribution in [3.63, 3.8) is 0 Å². The van der Waals surface area contributed by atoms with Gasteiger partial charge in [-0.2, -0.15) is 0 Å². The number of fused-ring (bicyclic) bond motifs is 8. The number of amides is 8. The summed E-state index contributed by atoms with van der Waals surface area (Å²) in [6.45, 7) is 9.24. The summed E-state index contributed by atoms with van der Waals surface area (Å²) < 4.78 is 92.4. The summed E-state index contributed by atoms with van der Waals surface area (Å²) in [5.41, 5.74) is 8.12. The first-order valence-corrected chi connectivity index (χ1v) is 44.2. The Kier molecular flexibility index (Phi) is 33.2. The maximum Gasteiger partial charge on any atom is 0.414 e. The van der Waals surface area contributed by atoms with Crippen molar-refractivity contribution in [2.45, 2.75) is 167 Å². The lowest BCUT2D eigenvalue weighted by atomic mass is 9.94. The smallest absolute Gasteiger partial charge is 0.414 e. The molecule has 9 atom stereocenters. The number of nitrogens with one attached hydrogen (secondary N) is 5. The lowest BCUT2D eigenvalue weighted by Crippen LogP contribution is -2.64. The zero-order chi connectivity index (χ0) is 93.7. The molecule has 0 radical (unpaired) electrons. The minimum atomic E-state index is -1.94. The molecule has 0 bridgehead atoms. The minimum absolute atomic E-state index is 0.0133. The van der Waals surface area contributed by atoms with Gasteiger partial charge >= 0.3 is 36.1 Å². The van der Waals surface area contributed by atoms with Gasteiger partial charge in [-0.25, -0.2) is 14.4 Å². The second-order valence-corrected chi connectivity index (χ2v) is 33.4. The SMILES string of the molecule is COC(=O)[C@H]1O[C@@H](OC[C@H](NC(=O)[C@@H](NC(C)=O)C(C)C)C(=O)Nc2ccc(COC(=O)N3C[C@@H]4CC5(CC5)CN4C(=O)c4cc(OC)c(OCCCCCOc5cc6c(cc5OC)C(=O)N5Cc7ccccc7C[C@H]5C=N6)cc43)c(NC(=O)CCOCCOCCOCCOCCNC(=O)OCC3c4ccccc4-c4ccccc43)c2)[C@H](OC(C)=O)[C@@H](OC(C)=O)[C@@H]1OC(C)=O. The van der Waals surface area contributed by atoms with E-state index >= 15 is 4.79 Å². The first kappa shape index (κ1) is 96.7. The number of unbranched alkanes of at least 4 members (excludes halogenated alkanes) is 2. The molecule has 5 heterocycles. The average molecular weight is 1830 g/mol. The molecule has 0 unspecified atom stereocenters. The monoisotopic (exact) mass is 1830 g/mol. The first-order chi connectivity index (χ1) is 63.7. The normalized spacial score (nSPS) is 19.2. The van der Waals surface area contributed by atoms with Crippen LogP contribution in [0.3, 0.4) is 0 Å². The molecule has 8 amide bonds. The maximum atomic E-state index is 15.2. The topological polar surface area (TPSA) is 435 Å². The van der Waals surface area contributed by atoms with Crippen LogP contribution in [0.4, 0.5) is 32.3 Å². The molecule has 37 nitrogen and oxygen atoms in total. The number of rotatable bonds is 43. The van der Waals surface area contributed by atoms with Crippen LogP contribution in [0.1, 0.15) is 141 Å². The largest absolute Gasteiger partial charge is 0.493 e. The summed E-state index contributed by atoms with van der Waals surface area (Å²) in [6, 6.07) is 31.4. The molecule has 5 aliphatic heterocycles. The van der Waals surface area contributed by atoms with Crippen molar-refractivity contribution in [1.29, 1.82) is 0 Å². The molecule has 706 valence electrons. The highest BCUT2D eigenvalue weighted by Gasteiger charge is 2.57. The Morgan fingerprint density at radius 3 is 1.83 bits per heavy atom. The van der Waals surface area contributed by atoms with Gasteiger partial charge in [0.1, 0.15) is 25.3 Å². The Morgan fingerprint density at radius 2 is 1.20 bits per heavy atom. The van der Waals surface area contributed by atoms with Crippen LogP contribution >= 0.6 is 0 Å². The Morgan fingerprint density at radius 1 is 0.591 bits per heavy atom. The fraction of sp³-hybridized carbons (Fsp3) is 0.484. The van der Waals surface area contributed by atoms with Gasteiger partial charge in [0.15, 0.2) is 53.7 Å². The minimum Gasteiger partial charge on any atom is -0.493 e. The van der Waals surface area contributed by atoms with E-state index in [0.717, 1.165) is 68.5 Å². The van der Waals surface area contributed by atoms with Crippen molar-refractivity contribution in [1.82, 2.24) is 25.8 Å². The molecule has 6 aromatic rings. The fourth-order valence-electron chi connectivity index (χ4n) is 17.0. The Hall–Kier alpha value is -12.8. The molecule has 13 rings (SSSR count). The van der Waals surface area contributed by atoms with Crippen molar-refractivity contribution < 1.29 is 133 Å². The molecule has 6 aromatic carbocycles. The number of nitrogens with zero attached hydrogens (tertiary/aromatic N) is 4. The van der Waals surface area contributed by atoms with Crippen LogP contribution in [0.5, 0.6) is 23.0 Å². The predicted octanol–water partition coefficient (Wildman–Crippen LogP) is 8.99. The molecule has 1 spiro atoms. The third-order valence-corrected chi connectivity index (χ3v) is 23.7. The predicted molar refractivity (Wildman–Crippen MR) is 474 cm³/mol. The molecule has 2 aliphatic carbocycles. The third kappa shape index (κ3) is 24.5. The molecule has 5 N–H and O–H groups in total. The second kappa shape index (κ2) is 45.3. The third-order valence-electron chi connectivity index (χ3n) is 23.7. The number of hydrogen-bond donors (Lipinski definition) is 5. The first-order valence-electron chi connectivity index (χ1n) is 44.2. The van der Waals surface area contributed by atoms with E-state index in [1.165, 1.54) is 49.8 Å². The van der Waals surface area contributed by atoms with Crippen molar-refractivity contribution in [2.75, 3.05) is 136 Å². The number of benzene rings is 6. The van der Waals surface area contributed by atoms with E-state index in [1.807, 2.05) is 53.6 Å². The lowest BCUT2D eigenvalue weighted by molar-refractivity contribution is -0.302. The standard InChI is InChI=1S/C95H113N9O28/c1-55(2)82(98-56(3)105)88(111)101-75(53-126-92-86(131-59(6)108)84(130-58(5)107)83(129-57(4)106)85(132-92)91(114)119-9)87(110)99-63-26-25-62(73(42-63)100-81(109)27-33-120-35-37-122-39-40-123-38-36-121-34-30-96-93(115)127-52-72-68-23-15-13-21-66(68)67-22-14-16-24-69(67)72)51-128-94(116)103-50-65-47-95(28-29-95)54-104(65)90(113)71-44-78(118-8)80(46-76(71)103)125-32-18-10-17-31-124-79-45-74-70(43-77(79)117-7)89(112)102-49-61-20-12-11-19-60(61)41-64(102)48-97-74/h11-16,19-26,42-46,48,55,64-65,72,75,82-86,92H,10,17-18,27-41,47,49-54H2,1-9H3,(H,96,115)(H,98,105)(H,99,110)(H,100,109)(H,101,111)/t64-,65-,75-,82-,83-,84-,85-,86+,92+/m0/s1. The van der Waals surface area contributed by atoms with E-state index in [-0.39, 0.29) is 154 Å². The fourth-order valence-corrected chi connectivity index (χ4v) is 17.0. The molecule has 3 fully saturated rings. The molecular formula is C95H113N9O28. The number of ether oxygens (including phenoxy) is 16. The highest BCUT2D eigenvalue weighted by molar-refractivity contribution is 6.07. The molecule has 7 aliphatic rings. The number of methoxy groups -OCH3 is 3. The number of carbonyl (C=O) groups is 12. The second-order valence-electron chi connectivity index (χ2n) is 33.4. The van der Waals surface area contributed by atoms with Crippen molar-refractivity contribution in [2.24, 2.45) is 16.3 Å². The van der Waals surface area contributed by atoms with Gasteiger partial charge in [-0.3, -0.25) is 53.0 Å². The summed E-state index contributed by atoms with van der Waals surface area (Å²) in [7, 11) is 3.96. The lowest BCUT2D eigenvalue weighted by Gasteiger charge is -2.43. The summed E-state index contributed by atoms with van der Waals surface area (Å²) in [5.74, 6) is -6.93. The Labute approximate surface area is 763 Å². The highest BCUT2D eigenvalue weighted by atomic mass is 16.7. The van der Waals surface area contributed by atoms with Crippen LogP contribution in [0.2, 0.25) is 0 Å². The molecule has 37 heteroatoms. The number of anilines is 3. The highest BCUT2D eigenvalue weighted by Crippen LogP contribution is 2.56. The van der Waals surface area contributed by atoms with Gasteiger partial charge in [0, 0.05) is 95.1 Å². The zero-order valence-corrected chi connectivity index (χ0v) is 75.3. The number of alkyl carbamates (subject to hydrolysis) is 1. The molecule has 1 saturated carbocycles. The van der Waals surface area contributed by atoms with Crippen LogP contribution in [-0.2, 0) is 115 Å². The average Bonchev–Trinajstić information content (AvgIpc) is 1.57. The van der Waals surface area contributed by atoms with E-state index in [4.69, 9.17) is 80.8 Å². The summed E-state index contributed by atoms with van der Waals surface area (Å²) in [4.78, 5) is 174. The Balaban J connectivity index is 0.661. The quantitative estimate of drug-likeness (QED) is 0.0135. The van der Waals surface area contributed by atoms with Gasteiger partial charge in [-0.1, -0.05) is 92.7 Å². The van der Waals surface area contributed by atoms with Crippen molar-refractivity contribution in [3.05, 3.63) is 154 Å². The van der Waals surface area contributed by atoms with Gasteiger partial charge in [0.05, 0.1) is 135 Å². The van der Waals surface area contributed by atoms with Crippen molar-refractivity contribution in [3.8, 4) is 34.1 Å². The van der Waals surface area contributed by atoms with Crippen LogP contribution in [0, 0.1) is 11.3 Å². The number of esters is 4. The van der Waals surface area contributed by atoms with Crippen LogP contribution in [0.15, 0.2) is 120 Å². The van der Waals surface area contributed by atoms with Gasteiger partial charge in [0.2, 0.25) is 23.6 Å².